The Balaban J connectivity index is 2.60. The molecule has 0 bridgehead atoms. The highest BCUT2D eigenvalue weighted by atomic mass is 28.2. The molecule has 0 unspecified atom stereocenters. The summed E-state index contributed by atoms with van der Waals surface area (Å²) in [5.41, 5.74) is 15.1. The lowest BCUT2D eigenvalue weighted by Gasteiger charge is -2.38. The third-order valence-electron chi connectivity index (χ3n) is 4.85. The highest BCUT2D eigenvalue weighted by Gasteiger charge is 2.42. The van der Waals surface area contributed by atoms with Crippen LogP contribution in [0.3, 0.4) is 0 Å². The van der Waals surface area contributed by atoms with Crippen LogP contribution in [0.1, 0.15) is 52.6 Å². The number of benzene rings is 2. The second-order valence-corrected chi connectivity index (χ2v) is 7.86. The molecule has 0 aliphatic carbocycles. The van der Waals surface area contributed by atoms with Crippen LogP contribution in [0.15, 0.2) is 6.07 Å². The van der Waals surface area contributed by atoms with Gasteiger partial charge in [-0.15, -0.1) is 0 Å². The van der Waals surface area contributed by atoms with E-state index in [9.17, 15) is 9.59 Å². The van der Waals surface area contributed by atoms with Crippen molar-refractivity contribution < 1.29 is 14.0 Å². The molecule has 132 valence electrons. The van der Waals surface area contributed by atoms with E-state index in [1.807, 2.05) is 34.6 Å². The van der Waals surface area contributed by atoms with E-state index in [4.69, 9.17) is 15.9 Å². The zero-order valence-corrected chi connectivity index (χ0v) is 17.4. The van der Waals surface area contributed by atoms with Crippen molar-refractivity contribution in [2.75, 3.05) is 11.5 Å². The fraction of sp³-hybridized carbons (Fsp3) is 0.333. The maximum atomic E-state index is 13.3. The number of aryl methyl sites for hydroxylation is 2. The zero-order valence-electron chi connectivity index (χ0n) is 15.4. The summed E-state index contributed by atoms with van der Waals surface area (Å²) < 4.78 is 5.61. The molecule has 7 heteroatoms. The Labute approximate surface area is 149 Å². The minimum absolute atomic E-state index is 0.342. The number of nitrogen functional groups attached to an aromatic ring is 2. The molecule has 2 aromatic rings. The Kier molecular flexibility index (Phi) is 3.61. The molecule has 2 aromatic carbocycles. The third-order valence-corrected chi connectivity index (χ3v) is 5.26. The molecule has 3 rings (SSSR count). The lowest BCUT2D eigenvalue weighted by Crippen LogP contribution is -2.51. The topological polar surface area (TPSA) is 98.7 Å². The van der Waals surface area contributed by atoms with E-state index in [1.54, 1.807) is 6.07 Å². The van der Waals surface area contributed by atoms with Crippen LogP contribution in [0.2, 0.25) is 0 Å². The van der Waals surface area contributed by atoms with Gasteiger partial charge in [-0.25, -0.2) is 0 Å². The third kappa shape index (κ3) is 2.15. The lowest BCUT2D eigenvalue weighted by molar-refractivity contribution is 0.0459. The molecule has 25 heavy (non-hydrogen) atoms. The first-order chi connectivity index (χ1) is 11.5. The summed E-state index contributed by atoms with van der Waals surface area (Å²) in [6.45, 7) is 9.20. The van der Waals surface area contributed by atoms with Gasteiger partial charge in [0.15, 0.2) is 0 Å². The first-order valence-electron chi connectivity index (χ1n) is 8.10. The molecule has 2 amide bonds. The van der Waals surface area contributed by atoms with Gasteiger partial charge < -0.3 is 15.9 Å². The van der Waals surface area contributed by atoms with Crippen molar-refractivity contribution in [3.8, 4) is 5.75 Å². The summed E-state index contributed by atoms with van der Waals surface area (Å²) in [5, 5.41) is 1.36. The normalized spacial score (nSPS) is 14.5. The van der Waals surface area contributed by atoms with E-state index in [1.165, 1.54) is 4.90 Å². The largest absolute Gasteiger partial charge is 0.551 e. The van der Waals surface area contributed by atoms with Crippen molar-refractivity contribution in [3.05, 3.63) is 28.3 Å². The predicted molar refractivity (Wildman–Crippen MR) is 103 cm³/mol. The van der Waals surface area contributed by atoms with Crippen molar-refractivity contribution in [2.45, 2.75) is 40.2 Å². The van der Waals surface area contributed by atoms with Gasteiger partial charge in [0, 0.05) is 16.6 Å². The molecule has 1 aliphatic heterocycles. The number of carbonyl (C=O) groups is 2. The summed E-state index contributed by atoms with van der Waals surface area (Å²) in [6.07, 6.45) is 0. The van der Waals surface area contributed by atoms with E-state index in [2.05, 4.69) is 0 Å². The lowest BCUT2D eigenvalue weighted by atomic mass is 9.85. The van der Waals surface area contributed by atoms with Crippen LogP contribution in [0, 0.1) is 13.8 Å². The molecule has 0 radical (unpaired) electrons. The first-order valence-corrected chi connectivity index (χ1v) is 8.91. The quantitative estimate of drug-likeness (QED) is 0.460. The number of nitrogens with two attached hydrogens (primary N) is 2. The molecule has 0 aromatic heterocycles. The molecular weight excluding hydrogens is 334 g/mol. The minimum atomic E-state index is -0.681. The fourth-order valence-corrected chi connectivity index (χ4v) is 4.03. The van der Waals surface area contributed by atoms with Crippen molar-refractivity contribution >= 4 is 44.4 Å². The standard InChI is InChI=1S/C18H23N3O3Si/c1-7-10(19)6-9-12-11(7)8(2)14(20)15(24-25)13(12)17(23)21(16(9)22)18(3,4)5/h6H,19-20H2,1-5,25H3. The second kappa shape index (κ2) is 5.22. The SMILES string of the molecule is Cc1c(N)cc2c3c(c(O[SiH3])c(N)c(C)c13)C(=O)N(C(C)(C)C)C2=O. The molecule has 0 fully saturated rings. The van der Waals surface area contributed by atoms with E-state index in [0.717, 1.165) is 16.5 Å². The van der Waals surface area contributed by atoms with Gasteiger partial charge in [0.05, 0.1) is 16.8 Å². The number of hydrogen-bond acceptors (Lipinski definition) is 5. The van der Waals surface area contributed by atoms with Crippen LogP contribution in [-0.2, 0) is 0 Å². The number of nitrogens with zero attached hydrogens (tertiary/aromatic N) is 1. The highest BCUT2D eigenvalue weighted by Crippen LogP contribution is 2.45. The summed E-state index contributed by atoms with van der Waals surface area (Å²) in [4.78, 5) is 27.6. The monoisotopic (exact) mass is 357 g/mol. The van der Waals surface area contributed by atoms with E-state index >= 15 is 0 Å². The van der Waals surface area contributed by atoms with Crippen molar-refractivity contribution in [3.63, 3.8) is 0 Å². The fourth-order valence-electron chi connectivity index (χ4n) is 3.60. The highest BCUT2D eigenvalue weighted by molar-refractivity contribution is 6.29. The number of amides is 2. The van der Waals surface area contributed by atoms with E-state index in [0.29, 0.717) is 44.1 Å². The van der Waals surface area contributed by atoms with Gasteiger partial charge in [-0.05, 0) is 57.2 Å². The van der Waals surface area contributed by atoms with Crippen molar-refractivity contribution in [1.82, 2.24) is 4.90 Å². The van der Waals surface area contributed by atoms with Gasteiger partial charge in [0.1, 0.15) is 5.75 Å². The maximum Gasteiger partial charge on any atom is 0.265 e. The summed E-state index contributed by atoms with van der Waals surface area (Å²) >= 11 is 0. The second-order valence-electron chi connectivity index (χ2n) is 7.45. The Bertz CT molecular complexity index is 961. The van der Waals surface area contributed by atoms with Crippen LogP contribution in [0.4, 0.5) is 11.4 Å². The Hall–Kier alpha value is -2.54. The molecular formula is C18H23N3O3Si. The van der Waals surface area contributed by atoms with Gasteiger partial charge >= 0.3 is 0 Å². The van der Waals surface area contributed by atoms with Crippen LogP contribution >= 0.6 is 0 Å². The maximum absolute atomic E-state index is 13.3. The average molecular weight is 357 g/mol. The number of anilines is 2. The van der Waals surface area contributed by atoms with Crippen LogP contribution in [0.25, 0.3) is 10.8 Å². The van der Waals surface area contributed by atoms with Gasteiger partial charge in [-0.3, -0.25) is 14.5 Å². The van der Waals surface area contributed by atoms with Gasteiger partial charge in [0.2, 0.25) is 10.5 Å². The molecule has 0 saturated carbocycles. The summed E-state index contributed by atoms with van der Waals surface area (Å²) in [7, 11) is 0.379. The Morgan fingerprint density at radius 1 is 1.04 bits per heavy atom. The molecule has 0 saturated heterocycles. The molecule has 6 nitrogen and oxygen atoms in total. The number of imide groups is 1. The van der Waals surface area contributed by atoms with Crippen LogP contribution in [0.5, 0.6) is 5.75 Å². The first kappa shape index (κ1) is 17.3. The molecule has 1 aliphatic rings. The number of rotatable bonds is 1. The summed E-state index contributed by atoms with van der Waals surface area (Å²) in [6, 6.07) is 1.65. The van der Waals surface area contributed by atoms with E-state index in [-0.39, 0.29) is 11.8 Å². The zero-order chi connectivity index (χ0) is 18.8. The molecule has 4 N–H and O–H groups in total. The number of hydrogen-bond donors (Lipinski definition) is 2. The van der Waals surface area contributed by atoms with E-state index < -0.39 is 5.54 Å². The minimum Gasteiger partial charge on any atom is -0.551 e. The summed E-state index contributed by atoms with van der Waals surface area (Å²) in [5.74, 6) is -0.351. The van der Waals surface area contributed by atoms with Gasteiger partial charge in [-0.2, -0.15) is 0 Å². The smallest absolute Gasteiger partial charge is 0.265 e. The molecule has 0 atom stereocenters. The van der Waals surface area contributed by atoms with Crippen molar-refractivity contribution in [1.29, 1.82) is 0 Å². The molecule has 1 heterocycles. The van der Waals surface area contributed by atoms with Gasteiger partial charge in [-0.1, -0.05) is 0 Å². The Morgan fingerprint density at radius 2 is 1.64 bits per heavy atom. The van der Waals surface area contributed by atoms with Crippen LogP contribution in [-0.4, -0.2) is 32.7 Å². The average Bonchev–Trinajstić information content (AvgIpc) is 2.50. The number of carbonyl (C=O) groups excluding carboxylic acids is 2. The van der Waals surface area contributed by atoms with Crippen molar-refractivity contribution in [2.24, 2.45) is 0 Å². The molecule has 0 spiro atoms. The van der Waals surface area contributed by atoms with Gasteiger partial charge in [0.25, 0.3) is 11.8 Å². The predicted octanol–water partition coefficient (Wildman–Crippen LogP) is 1.67. The Morgan fingerprint density at radius 3 is 2.16 bits per heavy atom. The van der Waals surface area contributed by atoms with Crippen LogP contribution < -0.4 is 15.9 Å².